The summed E-state index contributed by atoms with van der Waals surface area (Å²) in [5.74, 6) is 1.88. The summed E-state index contributed by atoms with van der Waals surface area (Å²) in [6.45, 7) is 8.66. The minimum Gasteiger partial charge on any atom is -0.368 e. The molecule has 0 radical (unpaired) electrons. The van der Waals surface area contributed by atoms with Crippen LogP contribution in [0.5, 0.6) is 0 Å². The average molecular weight is 421 g/mol. The highest BCUT2D eigenvalue weighted by molar-refractivity contribution is 5.82. The molecular formula is C21H28N10. The third-order valence-electron chi connectivity index (χ3n) is 5.84. The first-order valence-corrected chi connectivity index (χ1v) is 10.5. The number of hydrogen-bond acceptors (Lipinski definition) is 8. The number of pyridine rings is 1. The second-order valence-electron chi connectivity index (χ2n) is 7.88. The third-order valence-corrected chi connectivity index (χ3v) is 5.84. The van der Waals surface area contributed by atoms with Crippen molar-refractivity contribution in [3.63, 3.8) is 0 Å². The van der Waals surface area contributed by atoms with Crippen molar-refractivity contribution in [1.82, 2.24) is 29.7 Å². The van der Waals surface area contributed by atoms with Gasteiger partial charge in [-0.25, -0.2) is 4.98 Å². The number of aliphatic imine (C=N–C) groups is 1. The number of likely N-dealkylation sites (N-methyl/N-ethyl adjacent to an activating group) is 1. The molecule has 0 atom stereocenters. The predicted octanol–water partition coefficient (Wildman–Crippen LogP) is 0.636. The van der Waals surface area contributed by atoms with Crippen LogP contribution in [-0.2, 0) is 0 Å². The van der Waals surface area contributed by atoms with Crippen LogP contribution in [0.25, 0.3) is 11.1 Å². The minimum absolute atomic E-state index is 0.270. The second-order valence-corrected chi connectivity index (χ2v) is 7.88. The first-order chi connectivity index (χ1) is 15.1. The fraction of sp³-hybridized carbons (Fsp3) is 0.476. The van der Waals surface area contributed by atoms with Crippen LogP contribution >= 0.6 is 0 Å². The molecule has 2 aromatic heterocycles. The van der Waals surface area contributed by atoms with Gasteiger partial charge < -0.3 is 25.3 Å². The molecule has 0 aromatic carbocycles. The number of guanidine groups is 1. The van der Waals surface area contributed by atoms with Gasteiger partial charge >= 0.3 is 0 Å². The molecule has 2 aliphatic heterocycles. The summed E-state index contributed by atoms with van der Waals surface area (Å²) in [7, 11) is 2.12. The Labute approximate surface area is 182 Å². The highest BCUT2D eigenvalue weighted by atomic mass is 15.4. The van der Waals surface area contributed by atoms with Crippen LogP contribution in [0.4, 0.5) is 11.8 Å². The van der Waals surface area contributed by atoms with E-state index in [4.69, 9.17) is 5.73 Å². The fourth-order valence-corrected chi connectivity index (χ4v) is 4.17. The van der Waals surface area contributed by atoms with Gasteiger partial charge in [-0.05, 0) is 20.0 Å². The molecule has 10 nitrogen and oxygen atoms in total. The number of aryl methyl sites for hydroxylation is 1. The SMILES string of the molecule is Cc1nc(N)nc(N2CCN(C(=NC#N)N3CCN(C)CC3)CC2)c1-c1cccnc1. The molecule has 2 fully saturated rings. The monoisotopic (exact) mass is 420 g/mol. The van der Waals surface area contributed by atoms with E-state index < -0.39 is 0 Å². The Bertz CT molecular complexity index is 968. The number of rotatable bonds is 2. The normalized spacial score (nSPS) is 18.2. The smallest absolute Gasteiger partial charge is 0.222 e. The zero-order valence-corrected chi connectivity index (χ0v) is 18.1. The predicted molar refractivity (Wildman–Crippen MR) is 120 cm³/mol. The number of nitrogens with zero attached hydrogens (tertiary/aromatic N) is 9. The van der Waals surface area contributed by atoms with E-state index in [-0.39, 0.29) is 5.95 Å². The lowest BCUT2D eigenvalue weighted by atomic mass is 10.1. The maximum atomic E-state index is 9.26. The van der Waals surface area contributed by atoms with Gasteiger partial charge in [0.25, 0.3) is 0 Å². The van der Waals surface area contributed by atoms with Crippen LogP contribution in [0.3, 0.4) is 0 Å². The standard InChI is InChI=1S/C21H28N10/c1-16-18(17-4-3-5-24-14-17)19(27-20(23)26-16)29-10-12-31(13-11-29)21(25-15-22)30-8-6-28(2)7-9-30/h3-5,14H,6-13H2,1-2H3,(H2,23,26,27). The largest absolute Gasteiger partial charge is 0.368 e. The quantitative estimate of drug-likeness (QED) is 0.424. The molecule has 4 heterocycles. The Balaban J connectivity index is 1.54. The molecule has 2 saturated heterocycles. The summed E-state index contributed by atoms with van der Waals surface area (Å²) in [5.41, 5.74) is 8.76. The summed E-state index contributed by atoms with van der Waals surface area (Å²) >= 11 is 0. The first kappa shape index (κ1) is 20.8. The number of anilines is 2. The minimum atomic E-state index is 0.270. The van der Waals surface area contributed by atoms with E-state index in [1.807, 2.05) is 31.4 Å². The fourth-order valence-electron chi connectivity index (χ4n) is 4.17. The lowest BCUT2D eigenvalue weighted by Crippen LogP contribution is -2.57. The number of aromatic nitrogens is 3. The van der Waals surface area contributed by atoms with Crippen molar-refractivity contribution in [3.05, 3.63) is 30.2 Å². The molecule has 0 spiro atoms. The summed E-state index contributed by atoms with van der Waals surface area (Å²) in [4.78, 5) is 26.3. The van der Waals surface area contributed by atoms with Crippen LogP contribution in [-0.4, -0.2) is 95.0 Å². The molecule has 10 heteroatoms. The molecule has 162 valence electrons. The molecule has 0 aliphatic carbocycles. The van der Waals surface area contributed by atoms with Crippen molar-refractivity contribution in [2.45, 2.75) is 6.92 Å². The maximum absolute atomic E-state index is 9.26. The van der Waals surface area contributed by atoms with E-state index >= 15 is 0 Å². The topological polar surface area (TPSA) is 114 Å². The van der Waals surface area contributed by atoms with Gasteiger partial charge in [-0.15, -0.1) is 4.99 Å². The Morgan fingerprint density at radius 2 is 1.74 bits per heavy atom. The molecule has 31 heavy (non-hydrogen) atoms. The number of piperazine rings is 2. The summed E-state index contributed by atoms with van der Waals surface area (Å²) in [6, 6.07) is 3.92. The average Bonchev–Trinajstić information content (AvgIpc) is 2.78. The van der Waals surface area contributed by atoms with Crippen molar-refractivity contribution >= 4 is 17.7 Å². The van der Waals surface area contributed by atoms with Crippen molar-refractivity contribution < 1.29 is 0 Å². The van der Waals surface area contributed by atoms with Gasteiger partial charge in [0.2, 0.25) is 18.1 Å². The summed E-state index contributed by atoms with van der Waals surface area (Å²) in [5, 5.41) is 9.26. The van der Waals surface area contributed by atoms with E-state index in [1.54, 1.807) is 6.20 Å². The molecule has 2 aliphatic rings. The summed E-state index contributed by atoms with van der Waals surface area (Å²) < 4.78 is 0. The van der Waals surface area contributed by atoms with E-state index in [0.717, 1.165) is 81.0 Å². The molecule has 0 amide bonds. The highest BCUT2D eigenvalue weighted by Crippen LogP contribution is 2.32. The third kappa shape index (κ3) is 4.51. The lowest BCUT2D eigenvalue weighted by molar-refractivity contribution is 0.194. The molecule has 4 rings (SSSR count). The Morgan fingerprint density at radius 3 is 2.35 bits per heavy atom. The van der Waals surface area contributed by atoms with E-state index in [1.165, 1.54) is 0 Å². The van der Waals surface area contributed by atoms with Gasteiger partial charge in [-0.2, -0.15) is 10.2 Å². The molecule has 0 bridgehead atoms. The molecule has 0 unspecified atom stereocenters. The number of hydrogen-bond donors (Lipinski definition) is 1. The van der Waals surface area contributed by atoms with Gasteiger partial charge in [0.15, 0.2) is 0 Å². The first-order valence-electron chi connectivity index (χ1n) is 10.5. The van der Waals surface area contributed by atoms with E-state index in [0.29, 0.717) is 0 Å². The number of nitriles is 1. The number of nitrogens with two attached hydrogens (primary N) is 1. The van der Waals surface area contributed by atoms with Gasteiger partial charge in [0.05, 0.1) is 5.69 Å². The van der Waals surface area contributed by atoms with Crippen LogP contribution < -0.4 is 10.6 Å². The maximum Gasteiger partial charge on any atom is 0.222 e. The lowest BCUT2D eigenvalue weighted by Gasteiger charge is -2.42. The van der Waals surface area contributed by atoms with E-state index in [9.17, 15) is 5.26 Å². The van der Waals surface area contributed by atoms with Gasteiger partial charge in [-0.3, -0.25) is 4.98 Å². The number of nitrogen functional groups attached to an aromatic ring is 1. The van der Waals surface area contributed by atoms with Crippen molar-refractivity contribution in [1.29, 1.82) is 5.26 Å². The van der Waals surface area contributed by atoms with Gasteiger partial charge in [0.1, 0.15) is 5.82 Å². The van der Waals surface area contributed by atoms with Crippen molar-refractivity contribution in [2.75, 3.05) is 70.0 Å². The van der Waals surface area contributed by atoms with Crippen LogP contribution in [0.1, 0.15) is 5.69 Å². The molecule has 2 N–H and O–H groups in total. The second kappa shape index (κ2) is 9.14. The van der Waals surface area contributed by atoms with E-state index in [2.05, 4.69) is 46.6 Å². The zero-order chi connectivity index (χ0) is 21.8. The summed E-state index contributed by atoms with van der Waals surface area (Å²) in [6.07, 6.45) is 5.58. The highest BCUT2D eigenvalue weighted by Gasteiger charge is 2.28. The Kier molecular flexibility index (Phi) is 6.13. The van der Waals surface area contributed by atoms with Crippen LogP contribution in [0.15, 0.2) is 29.5 Å². The van der Waals surface area contributed by atoms with Gasteiger partial charge in [0, 0.05) is 75.9 Å². The van der Waals surface area contributed by atoms with Crippen molar-refractivity contribution in [2.24, 2.45) is 4.99 Å². The molecule has 2 aromatic rings. The van der Waals surface area contributed by atoms with Crippen LogP contribution in [0.2, 0.25) is 0 Å². The molecular weight excluding hydrogens is 392 g/mol. The molecule has 0 saturated carbocycles. The van der Waals surface area contributed by atoms with Crippen molar-refractivity contribution in [3.8, 4) is 17.3 Å². The Hall–Kier alpha value is -3.45. The zero-order valence-electron chi connectivity index (χ0n) is 18.1. The van der Waals surface area contributed by atoms with Crippen LogP contribution in [0, 0.1) is 18.4 Å². The Morgan fingerprint density at radius 1 is 1.06 bits per heavy atom. The van der Waals surface area contributed by atoms with Gasteiger partial charge in [-0.1, -0.05) is 6.07 Å².